The molecule has 5 rings (SSSR count). The number of ether oxygens (including phenoxy) is 1. The second-order valence-corrected chi connectivity index (χ2v) is 11.6. The molecular weight excluding hydrogens is 573 g/mol. The molecule has 0 unspecified atom stereocenters. The van der Waals surface area contributed by atoms with Gasteiger partial charge in [0, 0.05) is 49.9 Å². The first-order valence-corrected chi connectivity index (χ1v) is 14.2. The third-order valence-corrected chi connectivity index (χ3v) is 8.77. The van der Waals surface area contributed by atoms with Crippen molar-refractivity contribution in [1.82, 2.24) is 14.2 Å². The van der Waals surface area contributed by atoms with Crippen molar-refractivity contribution in [3.8, 4) is 11.1 Å². The highest BCUT2D eigenvalue weighted by Gasteiger charge is 2.30. The molecule has 0 spiro atoms. The maximum Gasteiger partial charge on any atom is 0.303 e. The molecule has 40 heavy (non-hydrogen) atoms. The number of carbonyl (C=O) groups excluding carboxylic acids is 2. The lowest BCUT2D eigenvalue weighted by atomic mass is 10.0. The molecule has 1 aliphatic rings. The summed E-state index contributed by atoms with van der Waals surface area (Å²) in [7, 11) is -3.70. The molecule has 0 radical (unpaired) electrons. The Bertz CT molecular complexity index is 1650. The maximum atomic E-state index is 13.3. The van der Waals surface area contributed by atoms with E-state index >= 15 is 0 Å². The minimum absolute atomic E-state index is 0. The van der Waals surface area contributed by atoms with Crippen molar-refractivity contribution in [2.45, 2.75) is 18.4 Å². The van der Waals surface area contributed by atoms with Crippen molar-refractivity contribution in [3.05, 3.63) is 95.3 Å². The monoisotopic (exact) mass is 599 g/mol. The molecule has 8 nitrogen and oxygen atoms in total. The molecule has 1 saturated heterocycles. The molecule has 208 valence electrons. The van der Waals surface area contributed by atoms with E-state index in [1.165, 1.54) is 11.2 Å². The molecule has 0 saturated carbocycles. The number of halogens is 2. The third-order valence-electron chi connectivity index (χ3n) is 6.64. The van der Waals surface area contributed by atoms with Crippen LogP contribution in [-0.4, -0.2) is 60.7 Å². The number of esters is 1. The summed E-state index contributed by atoms with van der Waals surface area (Å²) < 4.78 is 33.0. The lowest BCUT2D eigenvalue weighted by Gasteiger charge is -2.34. The van der Waals surface area contributed by atoms with Crippen LogP contribution in [0.15, 0.2) is 83.9 Å². The normalized spacial score (nSPS) is 14.0. The standard InChI is InChI=1S/C29H26ClN3O5S.ClH/c1-20(34)38-19-27-17-25(10-11-31-27)21-2-4-22(5-3-21)29(35)32-12-14-33(15-13-32)39(36,37)28-9-7-23-16-26(30)8-6-24(23)18-28;/h2-11,16-18H,12-15,19H2,1H3;1H. The zero-order valence-corrected chi connectivity index (χ0v) is 24.0. The highest BCUT2D eigenvalue weighted by Crippen LogP contribution is 2.26. The number of hydrogen-bond donors (Lipinski definition) is 0. The number of piperazine rings is 1. The number of pyridine rings is 1. The smallest absolute Gasteiger partial charge is 0.303 e. The largest absolute Gasteiger partial charge is 0.459 e. The number of amides is 1. The molecule has 1 fully saturated rings. The summed E-state index contributed by atoms with van der Waals surface area (Å²) in [5.41, 5.74) is 2.94. The Morgan fingerprint density at radius 3 is 2.25 bits per heavy atom. The summed E-state index contributed by atoms with van der Waals surface area (Å²) in [5, 5.41) is 2.26. The highest BCUT2D eigenvalue weighted by atomic mass is 35.5. The van der Waals surface area contributed by atoms with E-state index in [4.69, 9.17) is 16.3 Å². The van der Waals surface area contributed by atoms with E-state index in [2.05, 4.69) is 4.98 Å². The Labute approximate surface area is 244 Å². The zero-order valence-electron chi connectivity index (χ0n) is 21.6. The van der Waals surface area contributed by atoms with Crippen molar-refractivity contribution in [1.29, 1.82) is 0 Å². The molecule has 11 heteroatoms. The molecular formula is C29H27Cl2N3O5S. The SMILES string of the molecule is CC(=O)OCc1cc(-c2ccc(C(=O)N3CCN(S(=O)(=O)c4ccc5cc(Cl)ccc5c4)CC3)cc2)ccn1.Cl. The number of fused-ring (bicyclic) bond motifs is 1. The highest BCUT2D eigenvalue weighted by molar-refractivity contribution is 7.89. The summed E-state index contributed by atoms with van der Waals surface area (Å²) in [6.07, 6.45) is 1.65. The van der Waals surface area contributed by atoms with Gasteiger partial charge >= 0.3 is 5.97 Å². The number of aromatic nitrogens is 1. The summed E-state index contributed by atoms with van der Waals surface area (Å²) >= 11 is 6.04. The molecule has 1 amide bonds. The lowest BCUT2D eigenvalue weighted by molar-refractivity contribution is -0.142. The molecule has 0 bridgehead atoms. The van der Waals surface area contributed by atoms with E-state index in [1.807, 2.05) is 24.3 Å². The van der Waals surface area contributed by atoms with Crippen LogP contribution < -0.4 is 0 Å². The molecule has 4 aromatic rings. The van der Waals surface area contributed by atoms with Gasteiger partial charge in [-0.15, -0.1) is 12.4 Å². The second-order valence-electron chi connectivity index (χ2n) is 9.24. The minimum Gasteiger partial charge on any atom is -0.459 e. The van der Waals surface area contributed by atoms with E-state index in [-0.39, 0.29) is 48.9 Å². The van der Waals surface area contributed by atoms with Crippen LogP contribution in [0.3, 0.4) is 0 Å². The summed E-state index contributed by atoms with van der Waals surface area (Å²) in [6.45, 7) is 2.47. The minimum atomic E-state index is -3.70. The molecule has 1 aliphatic heterocycles. The van der Waals surface area contributed by atoms with Gasteiger partial charge in [-0.1, -0.05) is 35.9 Å². The molecule has 2 heterocycles. The lowest BCUT2D eigenvalue weighted by Crippen LogP contribution is -2.50. The first-order valence-electron chi connectivity index (χ1n) is 12.4. The molecule has 3 aromatic carbocycles. The fourth-order valence-corrected chi connectivity index (χ4v) is 6.17. The maximum absolute atomic E-state index is 13.3. The average Bonchev–Trinajstić information content (AvgIpc) is 2.95. The predicted molar refractivity (Wildman–Crippen MR) is 156 cm³/mol. The van der Waals surface area contributed by atoms with Crippen molar-refractivity contribution in [2.75, 3.05) is 26.2 Å². The van der Waals surface area contributed by atoms with Gasteiger partial charge in [0.25, 0.3) is 5.91 Å². The van der Waals surface area contributed by atoms with E-state index in [9.17, 15) is 18.0 Å². The fourth-order valence-electron chi connectivity index (χ4n) is 4.54. The fraction of sp³-hybridized carbons (Fsp3) is 0.207. The summed E-state index contributed by atoms with van der Waals surface area (Å²) in [6, 6.07) is 21.2. The first kappa shape index (κ1) is 29.5. The van der Waals surface area contributed by atoms with Crippen LogP contribution in [0.1, 0.15) is 23.0 Å². The molecule has 0 N–H and O–H groups in total. The van der Waals surface area contributed by atoms with Gasteiger partial charge in [-0.2, -0.15) is 4.31 Å². The van der Waals surface area contributed by atoms with Gasteiger partial charge in [0.1, 0.15) is 6.61 Å². The summed E-state index contributed by atoms with van der Waals surface area (Å²) in [5.74, 6) is -0.519. The third kappa shape index (κ3) is 6.45. The first-order chi connectivity index (χ1) is 18.7. The Balaban J connectivity index is 0.00000370. The van der Waals surface area contributed by atoms with Crippen molar-refractivity contribution >= 4 is 56.7 Å². The molecule has 1 aromatic heterocycles. The number of benzene rings is 3. The zero-order chi connectivity index (χ0) is 27.6. The topological polar surface area (TPSA) is 96.9 Å². The predicted octanol–water partition coefficient (Wildman–Crippen LogP) is 5.19. The van der Waals surface area contributed by atoms with Crippen LogP contribution in [0, 0.1) is 0 Å². The van der Waals surface area contributed by atoms with E-state index in [0.717, 1.165) is 21.9 Å². The average molecular weight is 601 g/mol. The number of sulfonamides is 1. The van der Waals surface area contributed by atoms with E-state index < -0.39 is 10.0 Å². The van der Waals surface area contributed by atoms with Crippen LogP contribution >= 0.6 is 24.0 Å². The van der Waals surface area contributed by atoms with Crippen LogP contribution in [0.4, 0.5) is 0 Å². The van der Waals surface area contributed by atoms with Gasteiger partial charge < -0.3 is 9.64 Å². The van der Waals surface area contributed by atoms with Gasteiger partial charge in [-0.25, -0.2) is 8.42 Å². The van der Waals surface area contributed by atoms with Crippen LogP contribution in [-0.2, 0) is 26.2 Å². The summed E-state index contributed by atoms with van der Waals surface area (Å²) in [4.78, 5) is 30.3. The van der Waals surface area contributed by atoms with E-state index in [1.54, 1.807) is 59.6 Å². The van der Waals surface area contributed by atoms with Gasteiger partial charge in [-0.05, 0) is 70.4 Å². The number of nitrogens with zero attached hydrogens (tertiary/aromatic N) is 3. The van der Waals surface area contributed by atoms with Gasteiger partial charge in [0.2, 0.25) is 10.0 Å². The quantitative estimate of drug-likeness (QED) is 0.283. The second kappa shape index (κ2) is 12.3. The molecule has 0 aliphatic carbocycles. The molecule has 0 atom stereocenters. The Morgan fingerprint density at radius 1 is 0.875 bits per heavy atom. The van der Waals surface area contributed by atoms with Gasteiger partial charge in [0.15, 0.2) is 0 Å². The number of carbonyl (C=O) groups is 2. The van der Waals surface area contributed by atoms with Gasteiger partial charge in [0.05, 0.1) is 10.6 Å². The van der Waals surface area contributed by atoms with Gasteiger partial charge in [-0.3, -0.25) is 14.6 Å². The van der Waals surface area contributed by atoms with Crippen molar-refractivity contribution in [2.24, 2.45) is 0 Å². The Kier molecular flexibility index (Phi) is 9.10. The van der Waals surface area contributed by atoms with Crippen LogP contribution in [0.25, 0.3) is 21.9 Å². The van der Waals surface area contributed by atoms with E-state index in [0.29, 0.717) is 29.4 Å². The van der Waals surface area contributed by atoms with Crippen LogP contribution in [0.2, 0.25) is 5.02 Å². The Morgan fingerprint density at radius 2 is 1.55 bits per heavy atom. The number of rotatable bonds is 6. The Hall–Kier alpha value is -3.50. The number of hydrogen-bond acceptors (Lipinski definition) is 6. The van der Waals surface area contributed by atoms with Crippen molar-refractivity contribution in [3.63, 3.8) is 0 Å². The van der Waals surface area contributed by atoms with Crippen molar-refractivity contribution < 1.29 is 22.7 Å². The van der Waals surface area contributed by atoms with Crippen LogP contribution in [0.5, 0.6) is 0 Å².